The van der Waals surface area contributed by atoms with Crippen LogP contribution in [0.4, 0.5) is 0 Å². The lowest BCUT2D eigenvalue weighted by atomic mass is 9.79. The predicted molar refractivity (Wildman–Crippen MR) is 114 cm³/mol. The first kappa shape index (κ1) is 21.9. The minimum absolute atomic E-state index is 0.0184. The van der Waals surface area contributed by atoms with Crippen LogP contribution < -0.4 is 10.4 Å². The molecule has 0 spiro atoms. The van der Waals surface area contributed by atoms with Crippen LogP contribution in [-0.2, 0) is 9.59 Å². The van der Waals surface area contributed by atoms with Crippen LogP contribution in [0.5, 0.6) is 0 Å². The zero-order valence-electron chi connectivity index (χ0n) is 18.0. The Kier molecular flexibility index (Phi) is 6.05. The molecule has 0 saturated carbocycles. The molecule has 3 saturated heterocycles. The molecule has 2 N–H and O–H groups in total. The number of likely N-dealkylation sites (tertiary alicyclic amines) is 1. The second-order valence-electron chi connectivity index (χ2n) is 9.63. The fourth-order valence-electron chi connectivity index (χ4n) is 5.58. The standard InChI is InChI=1S/C22H33N3O4S/c1-13-18-17(14(2)26)21(27)24(18)19(22(28)29)20(13)30-16-11-15(23-12-16)7-6-10-25(3)8-4-5-9-25/h6-7,13-18,23,26H,4-5,8-12H2,1-3H3/b7-6-/t13-,14-,15-,16+,17-,18-/m1/s1. The molecule has 4 aliphatic heterocycles. The van der Waals surface area contributed by atoms with Gasteiger partial charge < -0.3 is 29.7 Å². The lowest BCUT2D eigenvalue weighted by Crippen LogP contribution is -2.64. The van der Waals surface area contributed by atoms with Crippen molar-refractivity contribution in [3.63, 3.8) is 0 Å². The maximum absolute atomic E-state index is 12.4. The third-order valence-corrected chi connectivity index (χ3v) is 8.79. The number of carbonyl (C=O) groups is 2. The van der Waals surface area contributed by atoms with Gasteiger partial charge in [-0.3, -0.25) is 4.79 Å². The first-order chi connectivity index (χ1) is 14.2. The van der Waals surface area contributed by atoms with Crippen molar-refractivity contribution in [2.75, 3.05) is 33.2 Å². The number of carboxylic acid groups (broad SMARTS) is 1. The number of nitrogens with one attached hydrogen (secondary N) is 1. The lowest BCUT2D eigenvalue weighted by molar-refractivity contribution is -0.891. The fraction of sp³-hybridized carbons (Fsp3) is 0.727. The Morgan fingerprint density at radius 2 is 2.13 bits per heavy atom. The average molecular weight is 436 g/mol. The number of aliphatic hydroxyl groups excluding tert-OH is 1. The van der Waals surface area contributed by atoms with E-state index >= 15 is 0 Å². The molecule has 0 unspecified atom stereocenters. The van der Waals surface area contributed by atoms with E-state index in [2.05, 4.69) is 24.5 Å². The Balaban J connectivity index is 1.39. The molecule has 8 heteroatoms. The number of carbonyl (C=O) groups excluding carboxylic acids is 2. The Hall–Kier alpha value is -1.35. The third-order valence-electron chi connectivity index (χ3n) is 7.28. The molecule has 0 aromatic heterocycles. The minimum Gasteiger partial charge on any atom is -0.543 e. The summed E-state index contributed by atoms with van der Waals surface area (Å²) in [6.07, 6.45) is 7.33. The molecular weight excluding hydrogens is 402 g/mol. The van der Waals surface area contributed by atoms with Crippen molar-refractivity contribution in [1.82, 2.24) is 10.2 Å². The number of aliphatic hydroxyl groups is 1. The highest BCUT2D eigenvalue weighted by molar-refractivity contribution is 8.03. The molecule has 166 valence electrons. The monoisotopic (exact) mass is 435 g/mol. The van der Waals surface area contributed by atoms with E-state index in [1.54, 1.807) is 18.7 Å². The predicted octanol–water partition coefficient (Wildman–Crippen LogP) is 0.0657. The molecule has 1 amide bonds. The van der Waals surface area contributed by atoms with E-state index in [1.807, 2.05) is 6.92 Å². The maximum Gasteiger partial charge on any atom is 0.235 e. The van der Waals surface area contributed by atoms with Crippen molar-refractivity contribution < 1.29 is 24.3 Å². The van der Waals surface area contributed by atoms with Gasteiger partial charge in [-0.1, -0.05) is 13.0 Å². The topological polar surface area (TPSA) is 92.7 Å². The molecule has 30 heavy (non-hydrogen) atoms. The van der Waals surface area contributed by atoms with E-state index in [9.17, 15) is 19.8 Å². The molecule has 3 fully saturated rings. The van der Waals surface area contributed by atoms with Crippen LogP contribution in [0.1, 0.15) is 33.1 Å². The van der Waals surface area contributed by atoms with Gasteiger partial charge in [-0.2, -0.15) is 0 Å². The zero-order chi connectivity index (χ0) is 21.6. The van der Waals surface area contributed by atoms with E-state index < -0.39 is 18.0 Å². The first-order valence-electron chi connectivity index (χ1n) is 11.1. The summed E-state index contributed by atoms with van der Waals surface area (Å²) in [7, 11) is 2.32. The van der Waals surface area contributed by atoms with E-state index in [0.29, 0.717) is 6.04 Å². The number of β-lactam (4-membered cyclic amide) rings is 1. The maximum atomic E-state index is 12.4. The Morgan fingerprint density at radius 1 is 1.43 bits per heavy atom. The van der Waals surface area contributed by atoms with Crippen LogP contribution in [0.3, 0.4) is 0 Å². The van der Waals surface area contributed by atoms with Gasteiger partial charge in [0.25, 0.3) is 0 Å². The third kappa shape index (κ3) is 3.83. The minimum atomic E-state index is -1.30. The number of nitrogens with zero attached hydrogens (tertiary/aromatic N) is 2. The molecule has 0 aromatic rings. The fourth-order valence-corrected chi connectivity index (χ4v) is 7.07. The number of amides is 1. The van der Waals surface area contributed by atoms with Gasteiger partial charge in [0.15, 0.2) is 0 Å². The van der Waals surface area contributed by atoms with Crippen LogP contribution in [0.25, 0.3) is 0 Å². The lowest BCUT2D eigenvalue weighted by Gasteiger charge is -2.47. The summed E-state index contributed by atoms with van der Waals surface area (Å²) in [6.45, 7) is 7.93. The highest BCUT2D eigenvalue weighted by Crippen LogP contribution is 2.51. The van der Waals surface area contributed by atoms with Crippen molar-refractivity contribution in [3.05, 3.63) is 22.8 Å². The van der Waals surface area contributed by atoms with Crippen LogP contribution in [0, 0.1) is 11.8 Å². The molecule has 7 nitrogen and oxygen atoms in total. The largest absolute Gasteiger partial charge is 0.543 e. The Bertz CT molecular complexity index is 774. The summed E-state index contributed by atoms with van der Waals surface area (Å²) in [5.41, 5.74) is 0.0184. The highest BCUT2D eigenvalue weighted by Gasteiger charge is 2.58. The Morgan fingerprint density at radius 3 is 2.77 bits per heavy atom. The van der Waals surface area contributed by atoms with Gasteiger partial charge in [0.1, 0.15) is 0 Å². The molecule has 6 atom stereocenters. The summed E-state index contributed by atoms with van der Waals surface area (Å²) in [5, 5.41) is 25.6. The van der Waals surface area contributed by atoms with E-state index in [4.69, 9.17) is 0 Å². The molecular formula is C22H33N3O4S. The summed E-state index contributed by atoms with van der Waals surface area (Å²) in [6, 6.07) is 0.0205. The molecule has 4 rings (SSSR count). The SMILES string of the molecule is C[C@@H](O)[C@H]1C(=O)N2C(C(=O)[O-])=C(S[C@@H]3CN[C@H](/C=C\C[N+]4(C)CCCC4)C3)[C@H](C)[C@H]12. The summed E-state index contributed by atoms with van der Waals surface area (Å²) in [4.78, 5) is 26.4. The number of hydrogen-bond donors (Lipinski definition) is 2. The number of hydrogen-bond acceptors (Lipinski definition) is 6. The molecule has 0 radical (unpaired) electrons. The normalized spacial score (nSPS) is 36.5. The number of likely N-dealkylation sites (N-methyl/N-ethyl adjacent to an activating group) is 1. The van der Waals surface area contributed by atoms with Crippen molar-refractivity contribution >= 4 is 23.6 Å². The van der Waals surface area contributed by atoms with Gasteiger partial charge in [-0.25, -0.2) is 0 Å². The first-order valence-corrected chi connectivity index (χ1v) is 12.0. The highest BCUT2D eigenvalue weighted by atomic mass is 32.2. The quantitative estimate of drug-likeness (QED) is 0.334. The number of carboxylic acids is 1. The number of thioether (sulfide) groups is 1. The number of quaternary nitrogens is 1. The second-order valence-corrected chi connectivity index (χ2v) is 11.0. The summed E-state index contributed by atoms with van der Waals surface area (Å²) in [5.74, 6) is -2.23. The van der Waals surface area contributed by atoms with Crippen LogP contribution in [0.2, 0.25) is 0 Å². The molecule has 0 aromatic carbocycles. The van der Waals surface area contributed by atoms with E-state index in [0.717, 1.165) is 28.9 Å². The van der Waals surface area contributed by atoms with Gasteiger partial charge >= 0.3 is 0 Å². The molecule has 4 aliphatic rings. The van der Waals surface area contributed by atoms with E-state index in [1.165, 1.54) is 30.8 Å². The number of fused-ring (bicyclic) bond motifs is 1. The number of aliphatic carboxylic acids is 1. The van der Waals surface area contributed by atoms with Crippen LogP contribution in [0.15, 0.2) is 22.8 Å². The van der Waals surface area contributed by atoms with Gasteiger partial charge in [0.2, 0.25) is 5.91 Å². The summed E-state index contributed by atoms with van der Waals surface area (Å²) >= 11 is 1.57. The van der Waals surface area contributed by atoms with Gasteiger partial charge in [-0.05, 0) is 19.4 Å². The second kappa shape index (κ2) is 8.30. The van der Waals surface area contributed by atoms with Crippen LogP contribution >= 0.6 is 11.8 Å². The smallest absolute Gasteiger partial charge is 0.235 e. The number of rotatable bonds is 7. The van der Waals surface area contributed by atoms with Crippen molar-refractivity contribution in [2.45, 2.75) is 56.5 Å². The van der Waals surface area contributed by atoms with E-state index in [-0.39, 0.29) is 28.8 Å². The van der Waals surface area contributed by atoms with Gasteiger partial charge in [0, 0.05) is 41.5 Å². The van der Waals surface area contributed by atoms with Crippen molar-refractivity contribution in [1.29, 1.82) is 0 Å². The molecule has 0 aliphatic carbocycles. The zero-order valence-corrected chi connectivity index (χ0v) is 18.9. The molecule has 0 bridgehead atoms. The Labute approximate surface area is 182 Å². The van der Waals surface area contributed by atoms with Gasteiger partial charge in [0.05, 0.1) is 56.4 Å². The average Bonchev–Trinajstić information content (AvgIpc) is 3.35. The van der Waals surface area contributed by atoms with Crippen molar-refractivity contribution in [2.24, 2.45) is 11.8 Å². The van der Waals surface area contributed by atoms with Gasteiger partial charge in [-0.15, -0.1) is 11.8 Å². The summed E-state index contributed by atoms with van der Waals surface area (Å²) < 4.78 is 1.12. The van der Waals surface area contributed by atoms with Crippen molar-refractivity contribution in [3.8, 4) is 0 Å². The van der Waals surface area contributed by atoms with Crippen LogP contribution in [-0.4, -0.2) is 83.0 Å². The molecule has 4 heterocycles.